The number of carbonyl (C=O) groups is 1. The summed E-state index contributed by atoms with van der Waals surface area (Å²) in [6.45, 7) is 6.56. The van der Waals surface area contributed by atoms with Crippen molar-refractivity contribution in [3.8, 4) is 0 Å². The summed E-state index contributed by atoms with van der Waals surface area (Å²) in [4.78, 5) is 21.0. The van der Waals surface area contributed by atoms with Crippen LogP contribution in [0.4, 0.5) is 0 Å². The third-order valence-electron chi connectivity index (χ3n) is 6.01. The molecule has 4 rings (SSSR count). The zero-order valence-corrected chi connectivity index (χ0v) is 12.3. The van der Waals surface area contributed by atoms with E-state index in [0.717, 1.165) is 36.1 Å². The highest BCUT2D eigenvalue weighted by Gasteiger charge is 2.66. The maximum Gasteiger partial charge on any atom is 0.147 e. The minimum Gasteiger partial charge on any atom is -0.341 e. The molecule has 1 N–H and O–H groups in total. The lowest BCUT2D eigenvalue weighted by Gasteiger charge is -2.34. The fourth-order valence-corrected chi connectivity index (χ4v) is 4.61. The van der Waals surface area contributed by atoms with Gasteiger partial charge < -0.3 is 4.98 Å². The number of ketones is 1. The average molecular weight is 268 g/mol. The number of hydrogen-bond acceptors (Lipinski definition) is 2. The monoisotopic (exact) mass is 268 g/mol. The molecular formula is C17H20N2O. The maximum atomic E-state index is 12.7. The summed E-state index contributed by atoms with van der Waals surface area (Å²) in [6, 6.07) is 6.16. The number of nitrogens with zero attached hydrogens (tertiary/aromatic N) is 1. The number of Topliss-reactive ketones (excluding diaryl/α,β-unsaturated/α-hetero) is 1. The van der Waals surface area contributed by atoms with Crippen molar-refractivity contribution in [3.63, 3.8) is 0 Å². The molecule has 2 aromatic rings. The molecule has 2 saturated carbocycles. The molecule has 2 atom stereocenters. The van der Waals surface area contributed by atoms with Crippen LogP contribution in [0.5, 0.6) is 0 Å². The summed E-state index contributed by atoms with van der Waals surface area (Å²) in [5.41, 5.74) is 2.86. The van der Waals surface area contributed by atoms with Crippen LogP contribution in [0.1, 0.15) is 44.5 Å². The van der Waals surface area contributed by atoms with Crippen LogP contribution >= 0.6 is 0 Å². The summed E-state index contributed by atoms with van der Waals surface area (Å²) in [7, 11) is 0. The standard InChI is InChI=1S/C17H20N2O/c1-10-5-4-6-12-14(10)19-15(18-12)17-8-7-11(9-13(17)20)16(17,2)3/h4-6,11H,7-9H2,1-3H3,(H,18,19). The number of aryl methyl sites for hydroxylation is 1. The maximum absolute atomic E-state index is 12.7. The van der Waals surface area contributed by atoms with Crippen molar-refractivity contribution in [3.05, 3.63) is 29.6 Å². The van der Waals surface area contributed by atoms with Crippen LogP contribution in [0, 0.1) is 18.3 Å². The highest BCUT2D eigenvalue weighted by Crippen LogP contribution is 2.64. The Morgan fingerprint density at radius 2 is 2.15 bits per heavy atom. The average Bonchev–Trinajstić information content (AvgIpc) is 2.98. The predicted molar refractivity (Wildman–Crippen MR) is 78.6 cm³/mol. The zero-order valence-electron chi connectivity index (χ0n) is 12.3. The molecule has 2 bridgehead atoms. The van der Waals surface area contributed by atoms with Crippen LogP contribution in [-0.2, 0) is 10.2 Å². The fourth-order valence-electron chi connectivity index (χ4n) is 4.61. The van der Waals surface area contributed by atoms with E-state index in [1.165, 1.54) is 5.56 Å². The van der Waals surface area contributed by atoms with E-state index < -0.39 is 0 Å². The van der Waals surface area contributed by atoms with Crippen molar-refractivity contribution in [2.45, 2.75) is 45.4 Å². The van der Waals surface area contributed by atoms with E-state index in [1.54, 1.807) is 0 Å². The molecule has 2 fully saturated rings. The van der Waals surface area contributed by atoms with Gasteiger partial charge in [0.25, 0.3) is 0 Å². The first kappa shape index (κ1) is 12.1. The number of imidazole rings is 1. The van der Waals surface area contributed by atoms with Gasteiger partial charge in [-0.1, -0.05) is 26.0 Å². The molecule has 0 saturated heterocycles. The number of para-hydroxylation sites is 1. The third kappa shape index (κ3) is 1.17. The number of nitrogens with one attached hydrogen (secondary N) is 1. The van der Waals surface area contributed by atoms with Crippen molar-refractivity contribution >= 4 is 16.8 Å². The number of hydrogen-bond donors (Lipinski definition) is 1. The molecule has 0 spiro atoms. The van der Waals surface area contributed by atoms with Gasteiger partial charge >= 0.3 is 0 Å². The minimum absolute atomic E-state index is 0.0197. The van der Waals surface area contributed by atoms with E-state index in [4.69, 9.17) is 4.98 Å². The highest BCUT2D eigenvalue weighted by atomic mass is 16.1. The number of H-pyrrole nitrogens is 1. The lowest BCUT2D eigenvalue weighted by molar-refractivity contribution is -0.124. The van der Waals surface area contributed by atoms with Gasteiger partial charge in [-0.05, 0) is 42.7 Å². The number of carbonyl (C=O) groups excluding carboxylic acids is 1. The minimum atomic E-state index is -0.386. The van der Waals surface area contributed by atoms with Gasteiger partial charge in [-0.15, -0.1) is 0 Å². The van der Waals surface area contributed by atoms with E-state index in [2.05, 4.69) is 31.8 Å². The van der Waals surface area contributed by atoms with Gasteiger partial charge in [-0.25, -0.2) is 4.98 Å². The van der Waals surface area contributed by atoms with Gasteiger partial charge in [0.2, 0.25) is 0 Å². The molecule has 3 nitrogen and oxygen atoms in total. The molecule has 104 valence electrons. The highest BCUT2D eigenvalue weighted by molar-refractivity contribution is 5.95. The number of rotatable bonds is 1. The Morgan fingerprint density at radius 3 is 2.75 bits per heavy atom. The first-order chi connectivity index (χ1) is 9.47. The molecule has 1 heterocycles. The van der Waals surface area contributed by atoms with Gasteiger partial charge in [0.1, 0.15) is 11.6 Å². The first-order valence-corrected chi connectivity index (χ1v) is 7.46. The van der Waals surface area contributed by atoms with Crippen molar-refractivity contribution in [2.24, 2.45) is 11.3 Å². The Labute approximate surface area is 118 Å². The molecule has 1 aromatic heterocycles. The van der Waals surface area contributed by atoms with E-state index in [1.807, 2.05) is 12.1 Å². The lowest BCUT2D eigenvalue weighted by atomic mass is 9.68. The van der Waals surface area contributed by atoms with Gasteiger partial charge in [-0.2, -0.15) is 0 Å². The molecule has 0 aliphatic heterocycles. The van der Waals surface area contributed by atoms with Crippen LogP contribution < -0.4 is 0 Å². The Morgan fingerprint density at radius 1 is 1.35 bits per heavy atom. The normalized spacial score (nSPS) is 31.4. The van der Waals surface area contributed by atoms with Crippen LogP contribution in [0.2, 0.25) is 0 Å². The topological polar surface area (TPSA) is 45.8 Å². The van der Waals surface area contributed by atoms with E-state index >= 15 is 0 Å². The van der Waals surface area contributed by atoms with Gasteiger partial charge in [0.15, 0.2) is 0 Å². The summed E-state index contributed by atoms with van der Waals surface area (Å²) in [5.74, 6) is 1.80. The van der Waals surface area contributed by atoms with Crippen LogP contribution in [0.3, 0.4) is 0 Å². The molecule has 0 amide bonds. The van der Waals surface area contributed by atoms with Crippen LogP contribution in [0.25, 0.3) is 11.0 Å². The van der Waals surface area contributed by atoms with E-state index in [-0.39, 0.29) is 10.8 Å². The second kappa shape index (κ2) is 3.51. The molecule has 3 heteroatoms. The number of aromatic amines is 1. The Kier molecular flexibility index (Phi) is 2.13. The van der Waals surface area contributed by atoms with Crippen molar-refractivity contribution in [1.82, 2.24) is 9.97 Å². The smallest absolute Gasteiger partial charge is 0.147 e. The summed E-state index contributed by atoms with van der Waals surface area (Å²) < 4.78 is 0. The number of aromatic nitrogens is 2. The van der Waals surface area contributed by atoms with Crippen LogP contribution in [0.15, 0.2) is 18.2 Å². The second-order valence-corrected chi connectivity index (χ2v) is 7.05. The molecule has 20 heavy (non-hydrogen) atoms. The summed E-state index contributed by atoms with van der Waals surface area (Å²) in [6.07, 6.45) is 2.82. The van der Waals surface area contributed by atoms with Crippen molar-refractivity contribution in [1.29, 1.82) is 0 Å². The molecule has 2 unspecified atom stereocenters. The number of fused-ring (bicyclic) bond motifs is 3. The molecule has 1 aromatic carbocycles. The van der Waals surface area contributed by atoms with E-state index in [0.29, 0.717) is 11.7 Å². The Balaban J connectivity index is 1.98. The van der Waals surface area contributed by atoms with E-state index in [9.17, 15) is 4.79 Å². The molecular weight excluding hydrogens is 248 g/mol. The summed E-state index contributed by atoms with van der Waals surface area (Å²) in [5, 5.41) is 0. The molecule has 0 radical (unpaired) electrons. The predicted octanol–water partition coefficient (Wildman–Crippen LogP) is 3.52. The Hall–Kier alpha value is -1.64. The van der Waals surface area contributed by atoms with Gasteiger partial charge in [0.05, 0.1) is 16.4 Å². The lowest BCUT2D eigenvalue weighted by Crippen LogP contribution is -2.41. The van der Waals surface area contributed by atoms with Gasteiger partial charge in [-0.3, -0.25) is 4.79 Å². The third-order valence-corrected chi connectivity index (χ3v) is 6.01. The van der Waals surface area contributed by atoms with Gasteiger partial charge in [0, 0.05) is 6.42 Å². The largest absolute Gasteiger partial charge is 0.341 e. The molecule has 2 aliphatic rings. The quantitative estimate of drug-likeness (QED) is 0.860. The zero-order chi connectivity index (χ0) is 14.1. The fraction of sp³-hybridized carbons (Fsp3) is 0.529. The first-order valence-electron chi connectivity index (χ1n) is 7.46. The van der Waals surface area contributed by atoms with Crippen LogP contribution in [-0.4, -0.2) is 15.8 Å². The SMILES string of the molecule is Cc1cccc2[nH]c(C34CCC(CC3=O)C4(C)C)nc12. The van der Waals surface area contributed by atoms with Crippen molar-refractivity contribution in [2.75, 3.05) is 0 Å². The number of benzene rings is 1. The molecule has 2 aliphatic carbocycles. The summed E-state index contributed by atoms with van der Waals surface area (Å²) >= 11 is 0. The Bertz CT molecular complexity index is 728. The second-order valence-electron chi connectivity index (χ2n) is 7.05. The van der Waals surface area contributed by atoms with Crippen molar-refractivity contribution < 1.29 is 4.79 Å².